The zero-order chi connectivity index (χ0) is 25.7. The first-order valence-corrected chi connectivity index (χ1v) is 11.7. The number of rotatable bonds is 15. The lowest BCUT2D eigenvalue weighted by atomic mass is 10.0. The van der Waals surface area contributed by atoms with Gasteiger partial charge in [0.1, 0.15) is 24.2 Å². The van der Waals surface area contributed by atoms with Crippen molar-refractivity contribution in [3.8, 4) is 0 Å². The summed E-state index contributed by atoms with van der Waals surface area (Å²) in [7, 11) is 0. The number of nitrogens with two attached hydrogens (primary N) is 2. The number of carbonyl (C=O) groups excluding carboxylic acids is 3. The van der Waals surface area contributed by atoms with Crippen LogP contribution in [0.2, 0.25) is 0 Å². The molecule has 0 aliphatic carbocycles. The van der Waals surface area contributed by atoms with Crippen molar-refractivity contribution in [3.63, 3.8) is 0 Å². The van der Waals surface area contributed by atoms with Crippen LogP contribution in [0.3, 0.4) is 0 Å². The van der Waals surface area contributed by atoms with E-state index >= 15 is 0 Å². The number of aliphatic hydroxyl groups excluding tert-OH is 1. The van der Waals surface area contributed by atoms with Gasteiger partial charge in [0.15, 0.2) is 0 Å². The number of unbranched alkanes of at least 4 members (excludes halogenated alkanes) is 1. The number of carboxylic acid groups (broad SMARTS) is 1. The highest BCUT2D eigenvalue weighted by atomic mass is 32.1. The summed E-state index contributed by atoms with van der Waals surface area (Å²) in [4.78, 5) is 49.5. The van der Waals surface area contributed by atoms with E-state index in [1.165, 1.54) is 6.92 Å². The number of benzene rings is 1. The molecule has 0 saturated heterocycles. The molecule has 1 aromatic carbocycles. The van der Waals surface area contributed by atoms with Crippen LogP contribution in [-0.4, -0.2) is 76.5 Å². The third kappa shape index (κ3) is 10.1. The molecule has 0 aliphatic heterocycles. The van der Waals surface area contributed by atoms with Crippen LogP contribution in [0.25, 0.3) is 0 Å². The standard InChI is InChI=1S/C22H35N5O6S/c1-13(28)18(24)21(31)26-16(11-14-7-3-2-4-8-14)19(29)27-17(12-34)20(30)25-15(22(32)33)9-5-6-10-23/h2-4,7-8,13,15-18,28,34H,5-6,9-12,23-24H2,1H3,(H,25,30)(H,26,31)(H,27,29)(H,32,33). The van der Waals surface area contributed by atoms with Crippen molar-refractivity contribution in [3.05, 3.63) is 35.9 Å². The Labute approximate surface area is 204 Å². The van der Waals surface area contributed by atoms with Gasteiger partial charge in [-0.25, -0.2) is 4.79 Å². The highest BCUT2D eigenvalue weighted by Crippen LogP contribution is 2.06. The van der Waals surface area contributed by atoms with Gasteiger partial charge in [-0.3, -0.25) is 14.4 Å². The maximum Gasteiger partial charge on any atom is 0.326 e. The molecule has 0 heterocycles. The zero-order valence-corrected chi connectivity index (χ0v) is 20.0. The van der Waals surface area contributed by atoms with Crippen molar-refractivity contribution in [2.75, 3.05) is 12.3 Å². The molecule has 1 rings (SSSR count). The minimum Gasteiger partial charge on any atom is -0.480 e. The van der Waals surface area contributed by atoms with Gasteiger partial charge in [-0.05, 0) is 38.3 Å². The first-order chi connectivity index (χ1) is 16.1. The third-order valence-corrected chi connectivity index (χ3v) is 5.48. The molecule has 0 saturated carbocycles. The summed E-state index contributed by atoms with van der Waals surface area (Å²) in [6, 6.07) is 4.24. The molecule has 34 heavy (non-hydrogen) atoms. The third-order valence-electron chi connectivity index (χ3n) is 5.12. The molecule has 0 aromatic heterocycles. The van der Waals surface area contributed by atoms with Crippen molar-refractivity contribution in [1.82, 2.24) is 16.0 Å². The normalized spacial score (nSPS) is 15.3. The second-order valence-corrected chi connectivity index (χ2v) is 8.31. The summed E-state index contributed by atoms with van der Waals surface area (Å²) in [6.45, 7) is 1.76. The minimum absolute atomic E-state index is 0.0999. The van der Waals surface area contributed by atoms with Crippen LogP contribution in [0.15, 0.2) is 30.3 Å². The van der Waals surface area contributed by atoms with Crippen molar-refractivity contribution >= 4 is 36.3 Å². The van der Waals surface area contributed by atoms with E-state index in [1.54, 1.807) is 30.3 Å². The van der Waals surface area contributed by atoms with E-state index in [1.807, 2.05) is 0 Å². The molecular formula is C22H35N5O6S. The number of amides is 3. The van der Waals surface area contributed by atoms with Gasteiger partial charge >= 0.3 is 5.97 Å². The van der Waals surface area contributed by atoms with Gasteiger partial charge in [-0.1, -0.05) is 30.3 Å². The highest BCUT2D eigenvalue weighted by molar-refractivity contribution is 7.80. The molecule has 0 bridgehead atoms. The Kier molecular flexibility index (Phi) is 13.2. The Morgan fingerprint density at radius 3 is 2.03 bits per heavy atom. The van der Waals surface area contributed by atoms with Gasteiger partial charge < -0.3 is 37.6 Å². The molecule has 0 radical (unpaired) electrons. The molecule has 0 spiro atoms. The molecular weight excluding hydrogens is 462 g/mol. The maximum absolute atomic E-state index is 13.0. The second kappa shape index (κ2) is 15.3. The molecule has 3 amide bonds. The van der Waals surface area contributed by atoms with Crippen LogP contribution >= 0.6 is 12.6 Å². The van der Waals surface area contributed by atoms with Gasteiger partial charge in [0.05, 0.1) is 6.10 Å². The van der Waals surface area contributed by atoms with E-state index in [0.717, 1.165) is 5.56 Å². The molecule has 0 fully saturated rings. The van der Waals surface area contributed by atoms with Crippen LogP contribution in [0, 0.1) is 0 Å². The lowest BCUT2D eigenvalue weighted by Gasteiger charge is -2.25. The molecule has 12 heteroatoms. The summed E-state index contributed by atoms with van der Waals surface area (Å²) in [6.07, 6.45) is 0.281. The van der Waals surface area contributed by atoms with Crippen molar-refractivity contribution in [2.45, 2.75) is 62.9 Å². The van der Waals surface area contributed by atoms with Gasteiger partial charge in [0.25, 0.3) is 0 Å². The number of thiol groups is 1. The zero-order valence-electron chi connectivity index (χ0n) is 19.1. The van der Waals surface area contributed by atoms with Crippen molar-refractivity contribution < 1.29 is 29.4 Å². The average molecular weight is 498 g/mol. The molecule has 5 atom stereocenters. The lowest BCUT2D eigenvalue weighted by molar-refractivity contribution is -0.142. The first kappa shape index (κ1) is 29.4. The van der Waals surface area contributed by atoms with E-state index in [2.05, 4.69) is 28.6 Å². The first-order valence-electron chi connectivity index (χ1n) is 11.0. The maximum atomic E-state index is 13.0. The van der Waals surface area contributed by atoms with E-state index in [-0.39, 0.29) is 18.6 Å². The van der Waals surface area contributed by atoms with Gasteiger partial charge in [0.2, 0.25) is 17.7 Å². The monoisotopic (exact) mass is 497 g/mol. The van der Waals surface area contributed by atoms with Gasteiger partial charge in [-0.2, -0.15) is 12.6 Å². The number of aliphatic carboxylic acids is 1. The number of nitrogens with one attached hydrogen (secondary N) is 3. The summed E-state index contributed by atoms with van der Waals surface area (Å²) in [5, 5.41) is 26.4. The molecule has 11 nitrogen and oxygen atoms in total. The average Bonchev–Trinajstić information content (AvgIpc) is 2.81. The minimum atomic E-state index is -1.25. The highest BCUT2D eigenvalue weighted by Gasteiger charge is 2.30. The number of aliphatic hydroxyl groups is 1. The summed E-state index contributed by atoms with van der Waals surface area (Å²) in [5.41, 5.74) is 11.8. The number of carboxylic acids is 1. The second-order valence-electron chi connectivity index (χ2n) is 7.94. The lowest BCUT2D eigenvalue weighted by Crippen LogP contribution is -2.59. The smallest absolute Gasteiger partial charge is 0.326 e. The molecule has 0 aliphatic rings. The van der Waals surface area contributed by atoms with Crippen LogP contribution in [0.1, 0.15) is 31.7 Å². The van der Waals surface area contributed by atoms with Crippen LogP contribution < -0.4 is 27.4 Å². The number of hydrogen-bond acceptors (Lipinski definition) is 8. The quantitative estimate of drug-likeness (QED) is 0.106. The Balaban J connectivity index is 2.94. The SMILES string of the molecule is CC(O)C(N)C(=O)NC(Cc1ccccc1)C(=O)NC(CS)C(=O)NC(CCCCN)C(=O)O. The molecule has 5 unspecified atom stereocenters. The number of hydrogen-bond donors (Lipinski definition) is 8. The van der Waals surface area contributed by atoms with Crippen LogP contribution in [0.4, 0.5) is 0 Å². The van der Waals surface area contributed by atoms with E-state index in [9.17, 15) is 29.4 Å². The van der Waals surface area contributed by atoms with Crippen LogP contribution in [0.5, 0.6) is 0 Å². The van der Waals surface area contributed by atoms with Crippen molar-refractivity contribution in [1.29, 1.82) is 0 Å². The fraction of sp³-hybridized carbons (Fsp3) is 0.545. The Morgan fingerprint density at radius 2 is 1.50 bits per heavy atom. The largest absolute Gasteiger partial charge is 0.480 e. The van der Waals surface area contributed by atoms with Gasteiger partial charge in [-0.15, -0.1) is 0 Å². The van der Waals surface area contributed by atoms with Gasteiger partial charge in [0, 0.05) is 12.2 Å². The molecule has 1 aromatic rings. The topological polar surface area (TPSA) is 197 Å². The predicted octanol–water partition coefficient (Wildman–Crippen LogP) is -1.46. The van der Waals surface area contributed by atoms with E-state index in [0.29, 0.717) is 19.4 Å². The molecule has 190 valence electrons. The Bertz CT molecular complexity index is 810. The van der Waals surface area contributed by atoms with Crippen LogP contribution in [-0.2, 0) is 25.6 Å². The summed E-state index contributed by atoms with van der Waals surface area (Å²) < 4.78 is 0. The summed E-state index contributed by atoms with van der Waals surface area (Å²) in [5.74, 6) is -3.43. The predicted molar refractivity (Wildman–Crippen MR) is 130 cm³/mol. The fourth-order valence-electron chi connectivity index (χ4n) is 3.04. The van der Waals surface area contributed by atoms with E-state index in [4.69, 9.17) is 11.5 Å². The fourth-order valence-corrected chi connectivity index (χ4v) is 3.29. The summed E-state index contributed by atoms with van der Waals surface area (Å²) >= 11 is 4.11. The Morgan fingerprint density at radius 1 is 0.941 bits per heavy atom. The Hall–Kier alpha value is -2.67. The molecule has 9 N–H and O–H groups in total. The van der Waals surface area contributed by atoms with E-state index < -0.39 is 54.0 Å². The number of carbonyl (C=O) groups is 4. The van der Waals surface area contributed by atoms with Crippen molar-refractivity contribution in [2.24, 2.45) is 11.5 Å².